The molecule has 0 saturated carbocycles. The predicted molar refractivity (Wildman–Crippen MR) is 127 cm³/mol. The third-order valence-corrected chi connectivity index (χ3v) is 5.07. The number of hydrogen-bond donors (Lipinski definition) is 1. The highest BCUT2D eigenvalue weighted by Crippen LogP contribution is 2.37. The summed E-state index contributed by atoms with van der Waals surface area (Å²) >= 11 is 6.45. The van der Waals surface area contributed by atoms with E-state index in [1.807, 2.05) is 62.4 Å². The molecule has 0 aliphatic rings. The molecule has 0 radical (unpaired) electrons. The molecular formula is C26H23ClN2O3. The smallest absolute Gasteiger partial charge is 0.266 e. The highest BCUT2D eigenvalue weighted by molar-refractivity contribution is 6.32. The zero-order valence-electron chi connectivity index (χ0n) is 18.1. The first kappa shape index (κ1) is 22.9. The van der Waals surface area contributed by atoms with Crippen LogP contribution in [0, 0.1) is 25.2 Å². The molecule has 0 fully saturated rings. The lowest BCUT2D eigenvalue weighted by Gasteiger charge is -2.14. The van der Waals surface area contributed by atoms with Crippen molar-refractivity contribution in [1.29, 1.82) is 5.26 Å². The lowest BCUT2D eigenvalue weighted by Crippen LogP contribution is -2.14. The molecule has 5 nitrogen and oxygen atoms in total. The molecule has 0 bridgehead atoms. The third kappa shape index (κ3) is 5.69. The van der Waals surface area contributed by atoms with E-state index >= 15 is 0 Å². The van der Waals surface area contributed by atoms with E-state index in [1.165, 1.54) is 13.2 Å². The summed E-state index contributed by atoms with van der Waals surface area (Å²) in [5.41, 5.74) is 4.18. The first-order valence-electron chi connectivity index (χ1n) is 9.96. The Morgan fingerprint density at radius 3 is 2.59 bits per heavy atom. The van der Waals surface area contributed by atoms with E-state index in [-0.39, 0.29) is 5.57 Å². The monoisotopic (exact) mass is 446 g/mol. The first-order valence-corrected chi connectivity index (χ1v) is 10.3. The Hall–Kier alpha value is -3.75. The molecule has 3 aromatic carbocycles. The van der Waals surface area contributed by atoms with Crippen molar-refractivity contribution in [2.45, 2.75) is 20.5 Å². The molecular weight excluding hydrogens is 424 g/mol. The molecule has 0 heterocycles. The Bertz CT molecular complexity index is 1210. The van der Waals surface area contributed by atoms with Crippen molar-refractivity contribution < 1.29 is 14.3 Å². The minimum absolute atomic E-state index is 0.0557. The van der Waals surface area contributed by atoms with E-state index in [9.17, 15) is 10.1 Å². The number of nitrogens with one attached hydrogen (secondary N) is 1. The summed E-state index contributed by atoms with van der Waals surface area (Å²) in [4.78, 5) is 12.6. The molecule has 3 rings (SSSR count). The van der Waals surface area contributed by atoms with Gasteiger partial charge in [0.2, 0.25) is 0 Å². The molecule has 1 amide bonds. The van der Waals surface area contributed by atoms with E-state index in [1.54, 1.807) is 18.2 Å². The molecule has 0 unspecified atom stereocenters. The number of para-hydroxylation sites is 1. The fourth-order valence-corrected chi connectivity index (χ4v) is 3.41. The molecule has 0 aromatic heterocycles. The summed E-state index contributed by atoms with van der Waals surface area (Å²) in [7, 11) is 1.51. The summed E-state index contributed by atoms with van der Waals surface area (Å²) in [5, 5.41) is 12.6. The van der Waals surface area contributed by atoms with E-state index in [2.05, 4.69) is 5.32 Å². The normalized spacial score (nSPS) is 10.9. The lowest BCUT2D eigenvalue weighted by molar-refractivity contribution is -0.112. The van der Waals surface area contributed by atoms with Crippen LogP contribution in [0.5, 0.6) is 11.5 Å². The van der Waals surface area contributed by atoms with Crippen molar-refractivity contribution in [3.8, 4) is 17.6 Å². The van der Waals surface area contributed by atoms with Gasteiger partial charge in [0, 0.05) is 5.69 Å². The SMILES string of the molecule is COc1cc(/C=C(/C#N)C(=O)Nc2ccccc2C)cc(Cl)c1OCc1cccc(C)c1. The fraction of sp³-hybridized carbons (Fsp3) is 0.154. The summed E-state index contributed by atoms with van der Waals surface area (Å²) < 4.78 is 11.3. The zero-order valence-corrected chi connectivity index (χ0v) is 18.9. The zero-order chi connectivity index (χ0) is 23.1. The molecule has 162 valence electrons. The minimum Gasteiger partial charge on any atom is -0.493 e. The van der Waals surface area contributed by atoms with Gasteiger partial charge >= 0.3 is 0 Å². The molecule has 0 saturated heterocycles. The number of carbonyl (C=O) groups excluding carboxylic acids is 1. The van der Waals surface area contributed by atoms with Gasteiger partial charge in [-0.05, 0) is 54.8 Å². The second-order valence-electron chi connectivity index (χ2n) is 7.25. The Morgan fingerprint density at radius 1 is 1.12 bits per heavy atom. The number of carbonyl (C=O) groups is 1. The number of benzene rings is 3. The summed E-state index contributed by atoms with van der Waals surface area (Å²) in [6.45, 7) is 4.22. The van der Waals surface area contributed by atoms with Gasteiger partial charge in [-0.2, -0.15) is 5.26 Å². The number of halogens is 1. The van der Waals surface area contributed by atoms with Gasteiger partial charge in [0.25, 0.3) is 5.91 Å². The van der Waals surface area contributed by atoms with Gasteiger partial charge in [-0.1, -0.05) is 59.6 Å². The molecule has 1 N–H and O–H groups in total. The number of amides is 1. The Balaban J connectivity index is 1.83. The van der Waals surface area contributed by atoms with Gasteiger partial charge < -0.3 is 14.8 Å². The number of ether oxygens (including phenoxy) is 2. The highest BCUT2D eigenvalue weighted by atomic mass is 35.5. The fourth-order valence-electron chi connectivity index (χ4n) is 3.14. The standard InChI is InChI=1S/C26H23ClN2O3/c1-17-7-6-9-19(11-17)16-32-25-22(27)13-20(14-24(25)31-3)12-21(15-28)26(30)29-23-10-5-4-8-18(23)2/h4-14H,16H2,1-3H3,(H,29,30)/b21-12-. The predicted octanol–water partition coefficient (Wildman–Crippen LogP) is 6.09. The average Bonchev–Trinajstić information content (AvgIpc) is 2.77. The Labute approximate surface area is 192 Å². The maximum Gasteiger partial charge on any atom is 0.266 e. The highest BCUT2D eigenvalue weighted by Gasteiger charge is 2.15. The van der Waals surface area contributed by atoms with Crippen LogP contribution in [-0.2, 0) is 11.4 Å². The van der Waals surface area contributed by atoms with Crippen molar-refractivity contribution in [1.82, 2.24) is 0 Å². The molecule has 6 heteroatoms. The van der Waals surface area contributed by atoms with Crippen LogP contribution in [0.25, 0.3) is 6.08 Å². The van der Waals surface area contributed by atoms with Crippen molar-refractivity contribution >= 4 is 29.3 Å². The van der Waals surface area contributed by atoms with Gasteiger partial charge in [-0.15, -0.1) is 0 Å². The molecule has 0 atom stereocenters. The largest absolute Gasteiger partial charge is 0.493 e. The molecule has 0 aliphatic carbocycles. The van der Waals surface area contributed by atoms with Crippen LogP contribution in [-0.4, -0.2) is 13.0 Å². The summed E-state index contributed by atoms with van der Waals surface area (Å²) in [6, 6.07) is 20.6. The van der Waals surface area contributed by atoms with E-state index in [4.69, 9.17) is 21.1 Å². The van der Waals surface area contributed by atoms with Crippen molar-refractivity contribution in [3.63, 3.8) is 0 Å². The molecule has 0 aliphatic heterocycles. The number of nitriles is 1. The van der Waals surface area contributed by atoms with Gasteiger partial charge in [-0.25, -0.2) is 0 Å². The van der Waals surface area contributed by atoms with Crippen LogP contribution in [0.4, 0.5) is 5.69 Å². The van der Waals surface area contributed by atoms with E-state index < -0.39 is 5.91 Å². The second-order valence-corrected chi connectivity index (χ2v) is 7.66. The van der Waals surface area contributed by atoms with Gasteiger partial charge in [0.05, 0.1) is 12.1 Å². The van der Waals surface area contributed by atoms with Crippen LogP contribution < -0.4 is 14.8 Å². The number of anilines is 1. The van der Waals surface area contributed by atoms with Crippen LogP contribution in [0.3, 0.4) is 0 Å². The quantitative estimate of drug-likeness (QED) is 0.352. The number of hydrogen-bond acceptors (Lipinski definition) is 4. The topological polar surface area (TPSA) is 71.3 Å². The lowest BCUT2D eigenvalue weighted by atomic mass is 10.1. The molecule has 3 aromatic rings. The summed E-state index contributed by atoms with van der Waals surface area (Å²) in [6.07, 6.45) is 1.46. The maximum absolute atomic E-state index is 12.6. The van der Waals surface area contributed by atoms with Gasteiger partial charge in [-0.3, -0.25) is 4.79 Å². The maximum atomic E-state index is 12.6. The minimum atomic E-state index is -0.503. The van der Waals surface area contributed by atoms with Crippen molar-refractivity contribution in [3.05, 3.63) is 93.5 Å². The number of aryl methyl sites for hydroxylation is 2. The molecule has 0 spiro atoms. The first-order chi connectivity index (χ1) is 15.4. The Morgan fingerprint density at radius 2 is 1.91 bits per heavy atom. The van der Waals surface area contributed by atoms with Crippen molar-refractivity contribution in [2.75, 3.05) is 12.4 Å². The molecule has 32 heavy (non-hydrogen) atoms. The van der Waals surface area contributed by atoms with Crippen molar-refractivity contribution in [2.24, 2.45) is 0 Å². The third-order valence-electron chi connectivity index (χ3n) is 4.79. The van der Waals surface area contributed by atoms with Gasteiger partial charge in [0.15, 0.2) is 11.5 Å². The number of methoxy groups -OCH3 is 1. The van der Waals surface area contributed by atoms with Crippen LogP contribution in [0.1, 0.15) is 22.3 Å². The number of nitrogens with zero attached hydrogens (tertiary/aromatic N) is 1. The van der Waals surface area contributed by atoms with Gasteiger partial charge in [0.1, 0.15) is 18.2 Å². The second kappa shape index (κ2) is 10.5. The summed E-state index contributed by atoms with van der Waals surface area (Å²) in [5.74, 6) is 0.306. The average molecular weight is 447 g/mol. The number of rotatable bonds is 7. The van der Waals surface area contributed by atoms with Crippen LogP contribution in [0.15, 0.2) is 66.2 Å². The van der Waals surface area contributed by atoms with Crippen LogP contribution in [0.2, 0.25) is 5.02 Å². The Kier molecular flexibility index (Phi) is 7.54. The van der Waals surface area contributed by atoms with E-state index in [0.29, 0.717) is 34.4 Å². The van der Waals surface area contributed by atoms with Crippen LogP contribution >= 0.6 is 11.6 Å². The van der Waals surface area contributed by atoms with E-state index in [0.717, 1.165) is 16.7 Å².